The van der Waals surface area contributed by atoms with Crippen molar-refractivity contribution in [3.05, 3.63) is 71.0 Å². The van der Waals surface area contributed by atoms with Crippen molar-refractivity contribution >= 4 is 50.8 Å². The summed E-state index contributed by atoms with van der Waals surface area (Å²) in [6.07, 6.45) is 3.47. The molecule has 6 heteroatoms. The van der Waals surface area contributed by atoms with Crippen molar-refractivity contribution in [2.45, 2.75) is 6.92 Å². The molecule has 0 amide bonds. The van der Waals surface area contributed by atoms with Crippen LogP contribution in [0.15, 0.2) is 54.9 Å². The minimum Gasteiger partial charge on any atom is -0.478 e. The second kappa shape index (κ2) is 6.28. The quantitative estimate of drug-likeness (QED) is 0.490. The monoisotopic (exact) mass is 363 g/mol. The van der Waals surface area contributed by atoms with Crippen LogP contribution in [0.2, 0.25) is 5.02 Å². The third-order valence-electron chi connectivity index (χ3n) is 4.26. The first-order valence-electron chi connectivity index (χ1n) is 7.97. The number of pyridine rings is 2. The number of benzene rings is 2. The molecule has 0 fully saturated rings. The van der Waals surface area contributed by atoms with Crippen LogP contribution in [0.1, 0.15) is 15.9 Å². The fourth-order valence-corrected chi connectivity index (χ4v) is 3.22. The maximum atomic E-state index is 11.5. The number of aromatic carboxylic acids is 1. The molecule has 0 saturated carbocycles. The van der Waals surface area contributed by atoms with Crippen molar-refractivity contribution in [1.82, 2.24) is 9.97 Å². The highest BCUT2D eigenvalue weighted by Crippen LogP contribution is 2.32. The number of aryl methyl sites for hydroxylation is 1. The number of nitrogens with one attached hydrogen (secondary N) is 1. The van der Waals surface area contributed by atoms with Gasteiger partial charge in [-0.05, 0) is 48.9 Å². The first kappa shape index (κ1) is 16.3. The number of carbonyl (C=O) groups is 1. The summed E-state index contributed by atoms with van der Waals surface area (Å²) in [5.74, 6) is -0.348. The van der Waals surface area contributed by atoms with Crippen LogP contribution in [0.5, 0.6) is 0 Å². The first-order valence-corrected chi connectivity index (χ1v) is 8.35. The molecule has 128 valence electrons. The number of hydrogen-bond donors (Lipinski definition) is 2. The molecule has 2 N–H and O–H groups in total. The Bertz CT molecular complexity index is 1170. The summed E-state index contributed by atoms with van der Waals surface area (Å²) in [6, 6.07) is 12.7. The molecule has 0 spiro atoms. The van der Waals surface area contributed by atoms with Gasteiger partial charge in [-0.15, -0.1) is 0 Å². The van der Waals surface area contributed by atoms with E-state index in [0.29, 0.717) is 21.9 Å². The Labute approximate surface area is 154 Å². The highest BCUT2D eigenvalue weighted by atomic mass is 35.5. The van der Waals surface area contributed by atoms with E-state index in [0.717, 1.165) is 21.8 Å². The molecule has 0 radical (unpaired) electrons. The molecule has 0 saturated heterocycles. The van der Waals surface area contributed by atoms with Gasteiger partial charge in [0.15, 0.2) is 0 Å². The van der Waals surface area contributed by atoms with Gasteiger partial charge >= 0.3 is 5.97 Å². The summed E-state index contributed by atoms with van der Waals surface area (Å²) in [5.41, 5.74) is 2.32. The first-order chi connectivity index (χ1) is 12.5. The Hall–Kier alpha value is -3.18. The predicted octanol–water partition coefficient (Wildman–Crippen LogP) is 5.19. The van der Waals surface area contributed by atoms with E-state index in [2.05, 4.69) is 15.3 Å². The van der Waals surface area contributed by atoms with Gasteiger partial charge in [-0.25, -0.2) is 9.78 Å². The topological polar surface area (TPSA) is 75.1 Å². The van der Waals surface area contributed by atoms with E-state index in [1.165, 1.54) is 0 Å². The Kier molecular flexibility index (Phi) is 3.93. The van der Waals surface area contributed by atoms with E-state index >= 15 is 0 Å². The molecule has 0 aliphatic carbocycles. The molecular formula is C20H14ClN3O2. The number of halogens is 1. The Morgan fingerprint density at radius 1 is 1.12 bits per heavy atom. The van der Waals surface area contributed by atoms with Crippen LogP contribution < -0.4 is 5.32 Å². The van der Waals surface area contributed by atoms with E-state index in [1.54, 1.807) is 37.5 Å². The van der Waals surface area contributed by atoms with Crippen molar-refractivity contribution in [3.8, 4) is 0 Å². The smallest absolute Gasteiger partial charge is 0.336 e. The standard InChI is InChI=1S/C20H14ClN3O2/c1-11-7-16-17-10-22-6-5-14(17)19(23-13-4-2-3-12(21)8-13)24-18(16)9-15(11)20(25)26/h2-10H,1H3,(H,23,24)(H,25,26). The van der Waals surface area contributed by atoms with Crippen molar-refractivity contribution in [3.63, 3.8) is 0 Å². The zero-order valence-electron chi connectivity index (χ0n) is 13.8. The number of hydrogen-bond acceptors (Lipinski definition) is 4. The number of fused-ring (bicyclic) bond motifs is 3. The number of aromatic nitrogens is 2. The van der Waals surface area contributed by atoms with Crippen LogP contribution in [-0.2, 0) is 0 Å². The van der Waals surface area contributed by atoms with E-state index in [9.17, 15) is 9.90 Å². The van der Waals surface area contributed by atoms with Gasteiger partial charge in [0.1, 0.15) is 5.82 Å². The summed E-state index contributed by atoms with van der Waals surface area (Å²) >= 11 is 6.06. The molecule has 2 aromatic heterocycles. The lowest BCUT2D eigenvalue weighted by atomic mass is 10.0. The van der Waals surface area contributed by atoms with Gasteiger partial charge in [0.05, 0.1) is 11.1 Å². The van der Waals surface area contributed by atoms with E-state index in [-0.39, 0.29) is 5.56 Å². The summed E-state index contributed by atoms with van der Waals surface area (Å²) in [5, 5.41) is 16.0. The number of carboxylic acids is 1. The van der Waals surface area contributed by atoms with Crippen LogP contribution in [-0.4, -0.2) is 21.0 Å². The van der Waals surface area contributed by atoms with Gasteiger partial charge in [0.2, 0.25) is 0 Å². The van der Waals surface area contributed by atoms with Crippen LogP contribution in [0.25, 0.3) is 21.7 Å². The van der Waals surface area contributed by atoms with Crippen molar-refractivity contribution in [2.24, 2.45) is 0 Å². The zero-order chi connectivity index (χ0) is 18.3. The van der Waals surface area contributed by atoms with Gasteiger partial charge in [0, 0.05) is 39.3 Å². The Morgan fingerprint density at radius 2 is 1.96 bits per heavy atom. The fourth-order valence-electron chi connectivity index (χ4n) is 3.03. The summed E-state index contributed by atoms with van der Waals surface area (Å²) in [7, 11) is 0. The summed E-state index contributed by atoms with van der Waals surface area (Å²) in [4.78, 5) is 20.4. The molecule has 0 aliphatic rings. The van der Waals surface area contributed by atoms with Gasteiger partial charge in [-0.1, -0.05) is 17.7 Å². The largest absolute Gasteiger partial charge is 0.478 e. The number of anilines is 2. The zero-order valence-corrected chi connectivity index (χ0v) is 14.6. The minimum atomic E-state index is -0.971. The van der Waals surface area contributed by atoms with Crippen LogP contribution in [0, 0.1) is 6.92 Å². The highest BCUT2D eigenvalue weighted by molar-refractivity contribution is 6.30. The number of nitrogens with zero attached hydrogens (tertiary/aromatic N) is 2. The maximum Gasteiger partial charge on any atom is 0.336 e. The Morgan fingerprint density at radius 3 is 2.73 bits per heavy atom. The molecule has 4 rings (SSSR count). The molecule has 4 aromatic rings. The summed E-state index contributed by atoms with van der Waals surface area (Å²) in [6.45, 7) is 1.78. The molecule has 26 heavy (non-hydrogen) atoms. The molecule has 0 atom stereocenters. The number of carboxylic acid groups (broad SMARTS) is 1. The maximum absolute atomic E-state index is 11.5. The van der Waals surface area contributed by atoms with Crippen LogP contribution in [0.4, 0.5) is 11.5 Å². The molecule has 0 unspecified atom stereocenters. The number of rotatable bonds is 3. The normalized spacial score (nSPS) is 11.0. The second-order valence-corrected chi connectivity index (χ2v) is 6.44. The van der Waals surface area contributed by atoms with Gasteiger partial charge in [0.25, 0.3) is 0 Å². The van der Waals surface area contributed by atoms with E-state index in [1.807, 2.05) is 24.3 Å². The lowest BCUT2D eigenvalue weighted by molar-refractivity contribution is 0.0696. The molecular weight excluding hydrogens is 350 g/mol. The van der Waals surface area contributed by atoms with E-state index < -0.39 is 5.97 Å². The molecule has 0 aliphatic heterocycles. The Balaban J connectivity index is 1.99. The second-order valence-electron chi connectivity index (χ2n) is 6.01. The molecule has 2 aromatic carbocycles. The average molecular weight is 364 g/mol. The average Bonchev–Trinajstić information content (AvgIpc) is 2.62. The SMILES string of the molecule is Cc1cc2c(cc1C(=O)O)nc(Nc1cccc(Cl)c1)c1ccncc12. The molecule has 2 heterocycles. The van der Waals surface area contributed by atoms with Gasteiger partial charge in [-0.2, -0.15) is 0 Å². The van der Waals surface area contributed by atoms with Crippen molar-refractivity contribution in [1.29, 1.82) is 0 Å². The third kappa shape index (κ3) is 2.82. The van der Waals surface area contributed by atoms with Gasteiger partial charge < -0.3 is 10.4 Å². The van der Waals surface area contributed by atoms with Crippen molar-refractivity contribution in [2.75, 3.05) is 5.32 Å². The fraction of sp³-hybridized carbons (Fsp3) is 0.0500. The lowest BCUT2D eigenvalue weighted by Crippen LogP contribution is -2.02. The molecule has 0 bridgehead atoms. The predicted molar refractivity (Wildman–Crippen MR) is 103 cm³/mol. The van der Waals surface area contributed by atoms with E-state index in [4.69, 9.17) is 11.6 Å². The summed E-state index contributed by atoms with van der Waals surface area (Å²) < 4.78 is 0. The van der Waals surface area contributed by atoms with Crippen LogP contribution in [0.3, 0.4) is 0 Å². The van der Waals surface area contributed by atoms with Crippen LogP contribution >= 0.6 is 11.6 Å². The third-order valence-corrected chi connectivity index (χ3v) is 4.49. The molecule has 5 nitrogen and oxygen atoms in total. The minimum absolute atomic E-state index is 0.238. The lowest BCUT2D eigenvalue weighted by Gasteiger charge is -2.13. The highest BCUT2D eigenvalue weighted by Gasteiger charge is 2.14. The van der Waals surface area contributed by atoms with Gasteiger partial charge in [-0.3, -0.25) is 4.98 Å². The van der Waals surface area contributed by atoms with Crippen molar-refractivity contribution < 1.29 is 9.90 Å².